The Balaban J connectivity index is 3.07. The van der Waals surface area contributed by atoms with E-state index in [9.17, 15) is 9.59 Å². The lowest BCUT2D eigenvalue weighted by molar-refractivity contribution is -0.138. The number of hydrogen-bond donors (Lipinski definition) is 1. The van der Waals surface area contributed by atoms with Gasteiger partial charge in [0.15, 0.2) is 0 Å². The van der Waals surface area contributed by atoms with E-state index in [1.54, 1.807) is 24.4 Å². The number of rotatable bonds is 13. The number of nitrogens with zero attached hydrogens (tertiary/aromatic N) is 5. The van der Waals surface area contributed by atoms with Crippen LogP contribution >= 0.6 is 11.3 Å². The van der Waals surface area contributed by atoms with Gasteiger partial charge in [-0.1, -0.05) is 39.2 Å². The maximum absolute atomic E-state index is 13.4. The zero-order valence-electron chi connectivity index (χ0n) is 18.8. The summed E-state index contributed by atoms with van der Waals surface area (Å²) < 4.78 is 5.23. The van der Waals surface area contributed by atoms with E-state index in [2.05, 4.69) is 34.2 Å². The highest BCUT2D eigenvalue weighted by atomic mass is 32.1. The molecule has 10 heteroatoms. The fraction of sp³-hybridized carbons (Fsp3) is 0.750. The van der Waals surface area contributed by atoms with Gasteiger partial charge in [0.25, 0.3) is 5.91 Å². The molecule has 168 valence electrons. The van der Waals surface area contributed by atoms with Crippen LogP contribution in [0.2, 0.25) is 0 Å². The molecule has 1 rings (SSSR count). The number of hydrogen-bond acceptors (Lipinski definition) is 6. The summed E-state index contributed by atoms with van der Waals surface area (Å²) in [6.07, 6.45) is 2.08. The minimum absolute atomic E-state index is 0.0552. The minimum atomic E-state index is -0.738. The van der Waals surface area contributed by atoms with Crippen LogP contribution in [-0.2, 0) is 16.0 Å². The molecule has 1 aromatic heterocycles. The van der Waals surface area contributed by atoms with Gasteiger partial charge >= 0.3 is 0 Å². The molecule has 0 aromatic carbocycles. The molecule has 0 radical (unpaired) electrons. The van der Waals surface area contributed by atoms with E-state index < -0.39 is 6.04 Å². The molecule has 30 heavy (non-hydrogen) atoms. The number of aryl methyl sites for hydroxylation is 1. The van der Waals surface area contributed by atoms with E-state index in [-0.39, 0.29) is 29.7 Å². The topological polar surface area (TPSA) is 120 Å². The molecule has 0 aliphatic carbocycles. The summed E-state index contributed by atoms with van der Waals surface area (Å²) in [5.74, 6) is -0.239. The maximum Gasteiger partial charge on any atom is 0.270 e. The second-order valence-electron chi connectivity index (χ2n) is 7.62. The SMILES string of the molecule is CC[C@H](C)[C@H](N=[N+]=[N-])C(=O)N(CCOC)[C@H](CCc1nc(C(=O)NC)cs1)C(C)C. The summed E-state index contributed by atoms with van der Waals surface area (Å²) in [4.78, 5) is 34.2. The van der Waals surface area contributed by atoms with Gasteiger partial charge in [0, 0.05) is 43.5 Å². The largest absolute Gasteiger partial charge is 0.383 e. The smallest absolute Gasteiger partial charge is 0.270 e. The van der Waals surface area contributed by atoms with Crippen LogP contribution in [0, 0.1) is 11.8 Å². The van der Waals surface area contributed by atoms with Crippen molar-refractivity contribution in [3.05, 3.63) is 26.5 Å². The summed E-state index contributed by atoms with van der Waals surface area (Å²) in [5, 5.41) is 8.98. The van der Waals surface area contributed by atoms with Crippen LogP contribution in [-0.4, -0.2) is 61.1 Å². The van der Waals surface area contributed by atoms with Crippen molar-refractivity contribution < 1.29 is 14.3 Å². The molecule has 0 saturated carbocycles. The summed E-state index contributed by atoms with van der Waals surface area (Å²) in [6.45, 7) is 8.86. The molecule has 0 saturated heterocycles. The Bertz CT molecular complexity index is 732. The first-order valence-corrected chi connectivity index (χ1v) is 11.2. The zero-order valence-corrected chi connectivity index (χ0v) is 19.6. The first-order chi connectivity index (χ1) is 14.3. The van der Waals surface area contributed by atoms with Crippen LogP contribution in [0.25, 0.3) is 10.4 Å². The van der Waals surface area contributed by atoms with Gasteiger partial charge in [-0.15, -0.1) is 11.3 Å². The molecule has 0 fully saturated rings. The zero-order chi connectivity index (χ0) is 22.7. The Morgan fingerprint density at radius 3 is 2.63 bits per heavy atom. The summed E-state index contributed by atoms with van der Waals surface area (Å²) in [7, 11) is 3.18. The van der Waals surface area contributed by atoms with E-state index in [1.807, 2.05) is 13.8 Å². The number of ether oxygens (including phenoxy) is 1. The molecular weight excluding hydrogens is 404 g/mol. The Kier molecular flexibility index (Phi) is 11.4. The van der Waals surface area contributed by atoms with Crippen molar-refractivity contribution in [3.63, 3.8) is 0 Å². The van der Waals surface area contributed by atoms with Crippen molar-refractivity contribution in [2.75, 3.05) is 27.3 Å². The number of amides is 2. The van der Waals surface area contributed by atoms with Crippen molar-refractivity contribution in [3.8, 4) is 0 Å². The third-order valence-corrected chi connectivity index (χ3v) is 6.18. The molecule has 0 bridgehead atoms. The lowest BCUT2D eigenvalue weighted by Crippen LogP contribution is -2.50. The maximum atomic E-state index is 13.4. The van der Waals surface area contributed by atoms with E-state index in [1.165, 1.54) is 11.3 Å². The highest BCUT2D eigenvalue weighted by Gasteiger charge is 2.33. The molecule has 9 nitrogen and oxygen atoms in total. The van der Waals surface area contributed by atoms with E-state index in [0.29, 0.717) is 31.7 Å². The standard InChI is InChI=1S/C20H34N6O3S/c1-7-14(4)18(24-25-21)20(28)26(10-11-29-6)16(13(2)3)8-9-17-23-15(12-30-17)19(27)22-5/h12-14,16,18H,7-11H2,1-6H3,(H,22,27)/t14-,16+,18-/m0/s1. The van der Waals surface area contributed by atoms with E-state index in [0.717, 1.165) is 11.4 Å². The Labute approximate surface area is 182 Å². The van der Waals surface area contributed by atoms with Gasteiger partial charge < -0.3 is 15.0 Å². The number of thiazole rings is 1. The average Bonchev–Trinajstić information content (AvgIpc) is 3.21. The van der Waals surface area contributed by atoms with Crippen LogP contribution in [0.1, 0.15) is 56.0 Å². The first kappa shape index (κ1) is 25.9. The number of azide groups is 1. The van der Waals surface area contributed by atoms with Gasteiger partial charge in [-0.2, -0.15) is 0 Å². The molecule has 3 atom stereocenters. The van der Waals surface area contributed by atoms with E-state index in [4.69, 9.17) is 10.3 Å². The fourth-order valence-electron chi connectivity index (χ4n) is 3.26. The number of nitrogens with one attached hydrogen (secondary N) is 1. The number of methoxy groups -OCH3 is 1. The molecule has 0 unspecified atom stereocenters. The second-order valence-corrected chi connectivity index (χ2v) is 8.56. The van der Waals surface area contributed by atoms with Gasteiger partial charge in [-0.3, -0.25) is 9.59 Å². The van der Waals surface area contributed by atoms with Crippen LogP contribution in [0.15, 0.2) is 10.5 Å². The predicted molar refractivity (Wildman–Crippen MR) is 118 cm³/mol. The van der Waals surface area contributed by atoms with Crippen LogP contribution in [0.3, 0.4) is 0 Å². The van der Waals surface area contributed by atoms with Gasteiger partial charge in [0.1, 0.15) is 11.7 Å². The quantitative estimate of drug-likeness (QED) is 0.287. The summed E-state index contributed by atoms with van der Waals surface area (Å²) in [6, 6.07) is -0.807. The molecule has 1 N–H and O–H groups in total. The normalized spacial score (nSPS) is 14.0. The molecule has 1 heterocycles. The van der Waals surface area contributed by atoms with Crippen molar-refractivity contribution in [1.29, 1.82) is 0 Å². The second kappa shape index (κ2) is 13.2. The van der Waals surface area contributed by atoms with Gasteiger partial charge in [0.05, 0.1) is 11.6 Å². The molecular formula is C20H34N6O3S. The lowest BCUT2D eigenvalue weighted by Gasteiger charge is -2.37. The number of carbonyl (C=O) groups is 2. The van der Waals surface area contributed by atoms with Crippen molar-refractivity contribution in [1.82, 2.24) is 15.2 Å². The Morgan fingerprint density at radius 1 is 1.40 bits per heavy atom. The van der Waals surface area contributed by atoms with Crippen molar-refractivity contribution >= 4 is 23.2 Å². The van der Waals surface area contributed by atoms with Gasteiger partial charge in [-0.05, 0) is 23.8 Å². The van der Waals surface area contributed by atoms with Crippen molar-refractivity contribution in [2.45, 2.75) is 59.0 Å². The summed E-state index contributed by atoms with van der Waals surface area (Å²) >= 11 is 1.44. The molecule has 0 aliphatic rings. The Hall–Kier alpha value is -2.16. The lowest BCUT2D eigenvalue weighted by atomic mass is 9.93. The van der Waals surface area contributed by atoms with Crippen molar-refractivity contribution in [2.24, 2.45) is 17.0 Å². The third kappa shape index (κ3) is 7.27. The molecule has 0 aliphatic heterocycles. The number of aromatic nitrogens is 1. The van der Waals surface area contributed by atoms with Crippen LogP contribution in [0.5, 0.6) is 0 Å². The highest BCUT2D eigenvalue weighted by molar-refractivity contribution is 7.09. The van der Waals surface area contributed by atoms with E-state index >= 15 is 0 Å². The average molecular weight is 439 g/mol. The Morgan fingerprint density at radius 2 is 2.10 bits per heavy atom. The summed E-state index contributed by atoms with van der Waals surface area (Å²) in [5.41, 5.74) is 9.39. The molecule has 2 amide bonds. The van der Waals surface area contributed by atoms with Gasteiger partial charge in [0.2, 0.25) is 5.91 Å². The van der Waals surface area contributed by atoms with Crippen LogP contribution < -0.4 is 5.32 Å². The highest BCUT2D eigenvalue weighted by Crippen LogP contribution is 2.23. The predicted octanol–water partition coefficient (Wildman–Crippen LogP) is 3.66. The fourth-order valence-corrected chi connectivity index (χ4v) is 4.06. The first-order valence-electron chi connectivity index (χ1n) is 10.3. The number of carbonyl (C=O) groups excluding carboxylic acids is 2. The van der Waals surface area contributed by atoms with Crippen LogP contribution in [0.4, 0.5) is 0 Å². The molecule has 0 spiro atoms. The minimum Gasteiger partial charge on any atom is -0.383 e. The third-order valence-electron chi connectivity index (χ3n) is 5.27. The monoisotopic (exact) mass is 438 g/mol. The van der Waals surface area contributed by atoms with Gasteiger partial charge in [-0.25, -0.2) is 4.98 Å². The molecule has 1 aromatic rings.